The molecule has 2 aromatic heterocycles. The summed E-state index contributed by atoms with van der Waals surface area (Å²) in [5.41, 5.74) is 0.393. The number of nitrogens with zero attached hydrogens (tertiary/aromatic N) is 3. The first-order chi connectivity index (χ1) is 15.2. The molecule has 3 rings (SSSR count). The maximum atomic E-state index is 13.6. The number of hydrogen-bond donors (Lipinski definition) is 0. The van der Waals surface area contributed by atoms with E-state index in [1.165, 1.54) is 23.5 Å². The standard InChI is InChI=1S/C21H27N3O6S2Si/c1-15-9-11-16(12-10-15)32(27,28)23(30-33(5,6)21(2,3)4)14-17-19(22-29-24(17)26)20(25)18-8-7-13-31-18/h7-13H,14H2,1-6H3. The highest BCUT2D eigenvalue weighted by Crippen LogP contribution is 2.38. The number of carbonyl (C=O) groups is 1. The van der Waals surface area contributed by atoms with Gasteiger partial charge in [0.25, 0.3) is 21.5 Å². The molecule has 0 bridgehead atoms. The van der Waals surface area contributed by atoms with Gasteiger partial charge in [-0.15, -0.1) is 11.3 Å². The monoisotopic (exact) mass is 509 g/mol. The summed E-state index contributed by atoms with van der Waals surface area (Å²) in [6.07, 6.45) is 0. The molecule has 178 valence electrons. The second-order valence-electron chi connectivity index (χ2n) is 9.16. The summed E-state index contributed by atoms with van der Waals surface area (Å²) < 4.78 is 38.8. The number of aromatic nitrogens is 2. The zero-order valence-electron chi connectivity index (χ0n) is 19.4. The molecule has 12 heteroatoms. The number of thiophene rings is 1. The zero-order chi connectivity index (χ0) is 24.6. The molecule has 0 N–H and O–H groups in total. The van der Waals surface area contributed by atoms with Crippen molar-refractivity contribution in [1.29, 1.82) is 0 Å². The average molecular weight is 510 g/mol. The first-order valence-electron chi connectivity index (χ1n) is 10.2. The molecule has 0 aliphatic heterocycles. The minimum Gasteiger partial charge on any atom is -0.359 e. The Kier molecular flexibility index (Phi) is 6.96. The van der Waals surface area contributed by atoms with Crippen LogP contribution in [0.15, 0.2) is 51.3 Å². The minimum absolute atomic E-state index is 0.00634. The number of carbonyl (C=O) groups excluding carboxylic acids is 1. The fourth-order valence-corrected chi connectivity index (χ4v) is 6.07. The Morgan fingerprint density at radius 2 is 1.88 bits per heavy atom. The molecule has 9 nitrogen and oxygen atoms in total. The van der Waals surface area contributed by atoms with Crippen molar-refractivity contribution >= 4 is 35.5 Å². The molecule has 0 saturated carbocycles. The normalized spacial score (nSPS) is 12.9. The molecule has 0 unspecified atom stereocenters. The van der Waals surface area contributed by atoms with Gasteiger partial charge >= 0.3 is 0 Å². The lowest BCUT2D eigenvalue weighted by Gasteiger charge is -2.38. The molecule has 2 heterocycles. The lowest BCUT2D eigenvalue weighted by Crippen LogP contribution is -2.49. The van der Waals surface area contributed by atoms with E-state index in [4.69, 9.17) is 4.53 Å². The molecule has 0 saturated heterocycles. The van der Waals surface area contributed by atoms with Crippen molar-refractivity contribution in [2.75, 3.05) is 0 Å². The molecule has 0 aliphatic carbocycles. The third-order valence-electron chi connectivity index (χ3n) is 5.66. The van der Waals surface area contributed by atoms with Gasteiger partial charge in [0.05, 0.1) is 14.9 Å². The second-order valence-corrected chi connectivity index (χ2v) is 16.6. The van der Waals surface area contributed by atoms with Crippen LogP contribution in [0.25, 0.3) is 0 Å². The van der Waals surface area contributed by atoms with Gasteiger partial charge in [0.2, 0.25) is 14.0 Å². The van der Waals surface area contributed by atoms with Gasteiger partial charge in [-0.2, -0.15) is 0 Å². The van der Waals surface area contributed by atoms with Gasteiger partial charge < -0.3 is 9.73 Å². The summed E-state index contributed by atoms with van der Waals surface area (Å²) in [5, 5.41) is 17.4. The molecule has 0 spiro atoms. The van der Waals surface area contributed by atoms with Crippen molar-refractivity contribution in [2.24, 2.45) is 0 Å². The van der Waals surface area contributed by atoms with Gasteiger partial charge in [-0.05, 0) is 53.5 Å². The Bertz CT molecular complexity index is 1230. The molecule has 0 radical (unpaired) electrons. The van der Waals surface area contributed by atoms with E-state index in [-0.39, 0.29) is 26.2 Å². The van der Waals surface area contributed by atoms with Crippen molar-refractivity contribution in [3.05, 3.63) is 68.8 Å². The van der Waals surface area contributed by atoms with Crippen LogP contribution >= 0.6 is 11.3 Å². The van der Waals surface area contributed by atoms with Gasteiger partial charge in [-0.25, -0.2) is 8.42 Å². The Hall–Kier alpha value is -2.38. The highest BCUT2D eigenvalue weighted by atomic mass is 32.2. The number of rotatable bonds is 8. The Morgan fingerprint density at radius 3 is 2.42 bits per heavy atom. The van der Waals surface area contributed by atoms with Gasteiger partial charge in [0, 0.05) is 0 Å². The summed E-state index contributed by atoms with van der Waals surface area (Å²) in [4.78, 5) is 13.3. The lowest BCUT2D eigenvalue weighted by molar-refractivity contribution is -0.808. The predicted octanol–water partition coefficient (Wildman–Crippen LogP) is 4.04. The summed E-state index contributed by atoms with van der Waals surface area (Å²) in [6, 6.07) is 9.59. The SMILES string of the molecule is Cc1ccc(S(=O)(=O)N(Cc2c(C(=O)c3cccs3)no[n+]2[O-])O[Si](C)(C)C(C)(C)C)cc1. The van der Waals surface area contributed by atoms with Crippen LogP contribution < -0.4 is 4.90 Å². The zero-order valence-corrected chi connectivity index (χ0v) is 22.0. The molecular formula is C21H27N3O6S2Si. The average Bonchev–Trinajstić information content (AvgIpc) is 3.37. The molecule has 0 atom stereocenters. The van der Waals surface area contributed by atoms with Crippen LogP contribution in [0.1, 0.15) is 47.4 Å². The van der Waals surface area contributed by atoms with Crippen molar-refractivity contribution < 1.29 is 27.3 Å². The molecule has 3 aromatic rings. The first-order valence-corrected chi connectivity index (χ1v) is 15.4. The number of benzene rings is 1. The predicted molar refractivity (Wildman–Crippen MR) is 125 cm³/mol. The number of hydroxylamine groups is 1. The third kappa shape index (κ3) is 5.25. The molecule has 1 aromatic carbocycles. The summed E-state index contributed by atoms with van der Waals surface area (Å²) >= 11 is 1.18. The van der Waals surface area contributed by atoms with Crippen LogP contribution in [0.5, 0.6) is 0 Å². The van der Waals surface area contributed by atoms with Gasteiger partial charge in [0.1, 0.15) is 6.54 Å². The largest absolute Gasteiger partial charge is 0.359 e. The van der Waals surface area contributed by atoms with Gasteiger partial charge in [0.15, 0.2) is 0 Å². The summed E-state index contributed by atoms with van der Waals surface area (Å²) in [6.45, 7) is 11.0. The molecule has 0 fully saturated rings. The summed E-state index contributed by atoms with van der Waals surface area (Å²) in [5.74, 6) is -0.529. The quantitative estimate of drug-likeness (QED) is 0.195. The van der Waals surface area contributed by atoms with Crippen LogP contribution in [0.2, 0.25) is 18.1 Å². The molecule has 0 amide bonds. The first kappa shape index (κ1) is 25.2. The molecule has 33 heavy (non-hydrogen) atoms. The van der Waals surface area contributed by atoms with E-state index in [1.54, 1.807) is 29.6 Å². The topological polar surface area (TPSA) is 117 Å². The van der Waals surface area contributed by atoms with E-state index < -0.39 is 30.7 Å². The van der Waals surface area contributed by atoms with Crippen LogP contribution in [0.4, 0.5) is 0 Å². The van der Waals surface area contributed by atoms with Gasteiger partial charge in [-0.3, -0.25) is 9.42 Å². The van der Waals surface area contributed by atoms with Crippen LogP contribution in [-0.4, -0.2) is 32.1 Å². The van der Waals surface area contributed by atoms with E-state index in [0.29, 0.717) is 4.88 Å². The maximum absolute atomic E-state index is 13.6. The van der Waals surface area contributed by atoms with E-state index >= 15 is 0 Å². The molecular weight excluding hydrogens is 482 g/mol. The van der Waals surface area contributed by atoms with Crippen molar-refractivity contribution in [3.8, 4) is 0 Å². The van der Waals surface area contributed by atoms with Crippen LogP contribution in [0.3, 0.4) is 0 Å². The highest BCUT2D eigenvalue weighted by molar-refractivity contribution is 7.89. The Balaban J connectivity index is 2.07. The fraction of sp³-hybridized carbons (Fsp3) is 0.381. The van der Waals surface area contributed by atoms with Crippen LogP contribution in [0, 0.1) is 12.1 Å². The highest BCUT2D eigenvalue weighted by Gasteiger charge is 2.44. The smallest absolute Gasteiger partial charge is 0.294 e. The summed E-state index contributed by atoms with van der Waals surface area (Å²) in [7, 11) is -6.85. The van der Waals surface area contributed by atoms with E-state index in [9.17, 15) is 18.4 Å². The Labute approximate surface area is 198 Å². The minimum atomic E-state index is -4.18. The van der Waals surface area contributed by atoms with E-state index in [2.05, 4.69) is 9.79 Å². The fourth-order valence-electron chi connectivity index (χ4n) is 2.60. The molecule has 0 aliphatic rings. The van der Waals surface area contributed by atoms with Gasteiger partial charge in [-0.1, -0.05) is 49.0 Å². The third-order valence-corrected chi connectivity index (χ3v) is 12.6. The maximum Gasteiger partial charge on any atom is 0.294 e. The second kappa shape index (κ2) is 9.10. The van der Waals surface area contributed by atoms with Crippen LogP contribution in [-0.2, 0) is 21.1 Å². The number of sulfonamides is 1. The van der Waals surface area contributed by atoms with E-state index in [0.717, 1.165) is 10.0 Å². The van der Waals surface area contributed by atoms with Crippen molar-refractivity contribution in [3.63, 3.8) is 0 Å². The van der Waals surface area contributed by atoms with Crippen molar-refractivity contribution in [1.82, 2.24) is 9.63 Å². The number of ketones is 1. The number of aryl methyl sites for hydroxylation is 1. The lowest BCUT2D eigenvalue weighted by atomic mass is 10.2. The number of hydrogen-bond acceptors (Lipinski definition) is 8. The van der Waals surface area contributed by atoms with E-state index in [1.807, 2.05) is 40.8 Å². The van der Waals surface area contributed by atoms with Crippen molar-refractivity contribution in [2.45, 2.75) is 57.3 Å². The Morgan fingerprint density at radius 1 is 1.24 bits per heavy atom.